The zero-order chi connectivity index (χ0) is 10.5. The second-order valence-corrected chi connectivity index (χ2v) is 3.66. The van der Waals surface area contributed by atoms with Crippen LogP contribution in [0, 0.1) is 6.92 Å². The minimum absolute atomic E-state index is 1.02. The Morgan fingerprint density at radius 3 is 1.79 bits per heavy atom. The van der Waals surface area contributed by atoms with Crippen molar-refractivity contribution in [2.75, 3.05) is 0 Å². The quantitative estimate of drug-likeness (QED) is 0.354. The van der Waals surface area contributed by atoms with Crippen LogP contribution in [0.15, 0.2) is 24.3 Å². The largest absolute Gasteiger partial charge is 0.0885 e. The van der Waals surface area contributed by atoms with Crippen LogP contribution in [-0.2, 0) is 0 Å². The SMILES string of the molecule is [CH2]CC/C=C/CCCC/C=C\CCC. The minimum Gasteiger partial charge on any atom is -0.0885 e. The number of rotatable bonds is 9. The molecule has 0 spiro atoms. The molecule has 0 aromatic carbocycles. The van der Waals surface area contributed by atoms with Gasteiger partial charge in [0.05, 0.1) is 0 Å². The van der Waals surface area contributed by atoms with Crippen molar-refractivity contribution in [2.24, 2.45) is 0 Å². The van der Waals surface area contributed by atoms with E-state index in [-0.39, 0.29) is 0 Å². The monoisotopic (exact) mass is 193 g/mol. The second kappa shape index (κ2) is 12.5. The molecule has 0 amide bonds. The van der Waals surface area contributed by atoms with Gasteiger partial charge in [-0.25, -0.2) is 0 Å². The molecule has 0 atom stereocenters. The molecule has 0 heterocycles. The molecule has 0 nitrogen and oxygen atoms in total. The summed E-state index contributed by atoms with van der Waals surface area (Å²) in [6.45, 7) is 6.02. The number of hydrogen-bond donors (Lipinski definition) is 0. The lowest BCUT2D eigenvalue weighted by Gasteiger charge is -1.93. The summed E-state index contributed by atoms with van der Waals surface area (Å²) in [4.78, 5) is 0. The van der Waals surface area contributed by atoms with Gasteiger partial charge in [-0.3, -0.25) is 0 Å². The van der Waals surface area contributed by atoms with Crippen LogP contribution in [0.2, 0.25) is 0 Å². The third-order valence-corrected chi connectivity index (χ3v) is 2.15. The van der Waals surface area contributed by atoms with Crippen molar-refractivity contribution in [1.82, 2.24) is 0 Å². The maximum atomic E-state index is 3.80. The van der Waals surface area contributed by atoms with Crippen molar-refractivity contribution >= 4 is 0 Å². The Morgan fingerprint density at radius 1 is 0.786 bits per heavy atom. The third kappa shape index (κ3) is 11.5. The first kappa shape index (κ1) is 13.5. The maximum Gasteiger partial charge on any atom is -0.0351 e. The van der Waals surface area contributed by atoms with E-state index in [1.54, 1.807) is 0 Å². The van der Waals surface area contributed by atoms with Crippen molar-refractivity contribution in [3.8, 4) is 0 Å². The Balaban J connectivity index is 3.05. The lowest BCUT2D eigenvalue weighted by molar-refractivity contribution is 0.758. The van der Waals surface area contributed by atoms with E-state index < -0.39 is 0 Å². The highest BCUT2D eigenvalue weighted by atomic mass is 13.9. The molecule has 0 N–H and O–H groups in total. The summed E-state index contributed by atoms with van der Waals surface area (Å²) in [6.07, 6.45) is 19.0. The first-order chi connectivity index (χ1) is 6.91. The first-order valence-electron chi connectivity index (χ1n) is 6.01. The zero-order valence-electron chi connectivity index (χ0n) is 9.67. The van der Waals surface area contributed by atoms with Crippen LogP contribution in [0.5, 0.6) is 0 Å². The van der Waals surface area contributed by atoms with Gasteiger partial charge in [-0.15, -0.1) is 0 Å². The molecule has 0 aliphatic carbocycles. The van der Waals surface area contributed by atoms with Crippen molar-refractivity contribution in [3.05, 3.63) is 31.2 Å². The van der Waals surface area contributed by atoms with E-state index >= 15 is 0 Å². The lowest BCUT2D eigenvalue weighted by Crippen LogP contribution is -1.73. The van der Waals surface area contributed by atoms with Crippen molar-refractivity contribution in [1.29, 1.82) is 0 Å². The Bertz CT molecular complexity index is 124. The van der Waals surface area contributed by atoms with Crippen LogP contribution < -0.4 is 0 Å². The van der Waals surface area contributed by atoms with E-state index in [1.807, 2.05) is 0 Å². The van der Waals surface area contributed by atoms with Crippen molar-refractivity contribution in [3.63, 3.8) is 0 Å². The average Bonchev–Trinajstić information content (AvgIpc) is 2.21. The van der Waals surface area contributed by atoms with E-state index in [1.165, 1.54) is 38.5 Å². The molecule has 0 fully saturated rings. The average molecular weight is 193 g/mol. The van der Waals surface area contributed by atoms with E-state index in [2.05, 4.69) is 38.2 Å². The smallest absolute Gasteiger partial charge is 0.0351 e. The lowest BCUT2D eigenvalue weighted by atomic mass is 10.1. The summed E-state index contributed by atoms with van der Waals surface area (Å²) in [5.41, 5.74) is 0. The van der Waals surface area contributed by atoms with Crippen LogP contribution in [0.1, 0.15) is 58.3 Å². The Morgan fingerprint density at radius 2 is 1.29 bits per heavy atom. The molecule has 0 unspecified atom stereocenters. The standard InChI is InChI=1S/C14H25/c1-3-5-7-9-11-13-14-12-10-8-6-4-2/h7-10H,1,3-6,11-14H2,2H3/b9-7+,10-8-. The Labute approximate surface area is 90.1 Å². The van der Waals surface area contributed by atoms with E-state index in [0.29, 0.717) is 0 Å². The molecule has 0 saturated heterocycles. The molecule has 0 rings (SSSR count). The summed E-state index contributed by atoms with van der Waals surface area (Å²) in [6, 6.07) is 0. The van der Waals surface area contributed by atoms with Crippen LogP contribution in [0.4, 0.5) is 0 Å². The van der Waals surface area contributed by atoms with Crippen LogP contribution in [0.3, 0.4) is 0 Å². The zero-order valence-corrected chi connectivity index (χ0v) is 9.67. The molecule has 0 heteroatoms. The van der Waals surface area contributed by atoms with Gasteiger partial charge < -0.3 is 0 Å². The predicted molar refractivity (Wildman–Crippen MR) is 66.2 cm³/mol. The Kier molecular flexibility index (Phi) is 12.0. The number of unbranched alkanes of at least 4 members (excludes halogenated alkanes) is 5. The highest BCUT2D eigenvalue weighted by Crippen LogP contribution is 2.03. The van der Waals surface area contributed by atoms with Gasteiger partial charge in [0, 0.05) is 0 Å². The van der Waals surface area contributed by atoms with Gasteiger partial charge in [0.2, 0.25) is 0 Å². The van der Waals surface area contributed by atoms with E-state index in [4.69, 9.17) is 0 Å². The minimum atomic E-state index is 1.02. The van der Waals surface area contributed by atoms with Gasteiger partial charge in [-0.1, -0.05) is 44.6 Å². The highest BCUT2D eigenvalue weighted by molar-refractivity contribution is 4.83. The normalized spacial score (nSPS) is 11.9. The first-order valence-corrected chi connectivity index (χ1v) is 6.01. The van der Waals surface area contributed by atoms with E-state index in [9.17, 15) is 0 Å². The van der Waals surface area contributed by atoms with Gasteiger partial charge in [0.15, 0.2) is 0 Å². The fourth-order valence-electron chi connectivity index (χ4n) is 1.28. The molecule has 0 aromatic rings. The molecule has 14 heavy (non-hydrogen) atoms. The summed E-state index contributed by atoms with van der Waals surface area (Å²) >= 11 is 0. The molecule has 0 bridgehead atoms. The predicted octanol–water partition coefficient (Wildman–Crippen LogP) is 5.07. The van der Waals surface area contributed by atoms with Crippen LogP contribution >= 0.6 is 0 Å². The summed E-state index contributed by atoms with van der Waals surface area (Å²) in [5, 5.41) is 0. The van der Waals surface area contributed by atoms with Gasteiger partial charge >= 0.3 is 0 Å². The molecular formula is C14H25. The second-order valence-electron chi connectivity index (χ2n) is 3.66. The maximum absolute atomic E-state index is 3.80. The van der Waals surface area contributed by atoms with Gasteiger partial charge in [-0.05, 0) is 44.9 Å². The summed E-state index contributed by atoms with van der Waals surface area (Å²) < 4.78 is 0. The van der Waals surface area contributed by atoms with Gasteiger partial charge in [0.1, 0.15) is 0 Å². The fraction of sp³-hybridized carbons (Fsp3) is 0.643. The highest BCUT2D eigenvalue weighted by Gasteiger charge is 1.83. The molecular weight excluding hydrogens is 168 g/mol. The number of hydrogen-bond acceptors (Lipinski definition) is 0. The van der Waals surface area contributed by atoms with Crippen LogP contribution in [-0.4, -0.2) is 0 Å². The molecule has 0 aliphatic rings. The third-order valence-electron chi connectivity index (χ3n) is 2.15. The molecule has 0 saturated carbocycles. The number of allylic oxidation sites excluding steroid dienone is 4. The molecule has 81 valence electrons. The molecule has 1 radical (unpaired) electrons. The fourth-order valence-corrected chi connectivity index (χ4v) is 1.28. The van der Waals surface area contributed by atoms with Crippen LogP contribution in [0.25, 0.3) is 0 Å². The molecule has 0 aromatic heterocycles. The van der Waals surface area contributed by atoms with Crippen molar-refractivity contribution in [2.45, 2.75) is 58.3 Å². The van der Waals surface area contributed by atoms with Gasteiger partial charge in [0.25, 0.3) is 0 Å². The van der Waals surface area contributed by atoms with E-state index in [0.717, 1.165) is 12.8 Å². The molecule has 0 aliphatic heterocycles. The topological polar surface area (TPSA) is 0 Å². The van der Waals surface area contributed by atoms with Gasteiger partial charge in [-0.2, -0.15) is 0 Å². The van der Waals surface area contributed by atoms with Crippen molar-refractivity contribution < 1.29 is 0 Å². The summed E-state index contributed by atoms with van der Waals surface area (Å²) in [7, 11) is 0. The summed E-state index contributed by atoms with van der Waals surface area (Å²) in [5.74, 6) is 0. The Hall–Kier alpha value is -0.520.